The summed E-state index contributed by atoms with van der Waals surface area (Å²) in [5.74, 6) is -0.450. The molecule has 1 aliphatic rings. The summed E-state index contributed by atoms with van der Waals surface area (Å²) < 4.78 is 19.0. The highest BCUT2D eigenvalue weighted by molar-refractivity contribution is 5.92. The van der Waals surface area contributed by atoms with Gasteiger partial charge in [-0.05, 0) is 31.5 Å². The van der Waals surface area contributed by atoms with Gasteiger partial charge in [-0.3, -0.25) is 4.79 Å². The number of aromatic nitrogens is 3. The molecular weight excluding hydrogens is 299 g/mol. The van der Waals surface area contributed by atoms with Crippen LogP contribution in [0.15, 0.2) is 30.5 Å². The molecule has 0 radical (unpaired) electrons. The fraction of sp³-hybridized carbons (Fsp3) is 0.438. The highest BCUT2D eigenvalue weighted by Crippen LogP contribution is 2.26. The Kier molecular flexibility index (Phi) is 4.38. The van der Waals surface area contributed by atoms with E-state index in [1.165, 1.54) is 23.1 Å². The van der Waals surface area contributed by atoms with E-state index < -0.39 is 0 Å². The van der Waals surface area contributed by atoms with Gasteiger partial charge in [-0.1, -0.05) is 12.1 Å². The number of benzene rings is 1. The van der Waals surface area contributed by atoms with E-state index in [9.17, 15) is 9.18 Å². The summed E-state index contributed by atoms with van der Waals surface area (Å²) >= 11 is 0. The first-order valence-corrected chi connectivity index (χ1v) is 7.67. The molecule has 1 aliphatic heterocycles. The summed E-state index contributed by atoms with van der Waals surface area (Å²) in [5.41, 5.74) is 1.19. The van der Waals surface area contributed by atoms with Gasteiger partial charge in [0.05, 0.1) is 25.4 Å². The number of ether oxygens (including phenoxy) is 1. The SMILES string of the molecule is CCn1ncc(C(=O)N2CC(C)OC(c3ccc(F)cc3)C2)n1. The minimum atomic E-state index is -0.290. The molecule has 1 aromatic heterocycles. The Bertz CT molecular complexity index is 686. The molecule has 0 aliphatic carbocycles. The van der Waals surface area contributed by atoms with Crippen LogP contribution in [-0.2, 0) is 11.3 Å². The van der Waals surface area contributed by atoms with E-state index in [2.05, 4.69) is 10.2 Å². The van der Waals surface area contributed by atoms with Gasteiger partial charge < -0.3 is 9.64 Å². The van der Waals surface area contributed by atoms with Crippen LogP contribution in [0.1, 0.15) is 36.0 Å². The molecule has 2 heterocycles. The molecule has 7 heteroatoms. The molecule has 0 spiro atoms. The molecule has 0 saturated carbocycles. The van der Waals surface area contributed by atoms with E-state index in [1.54, 1.807) is 17.0 Å². The molecule has 2 unspecified atom stereocenters. The zero-order valence-electron chi connectivity index (χ0n) is 13.1. The lowest BCUT2D eigenvalue weighted by molar-refractivity contribution is -0.0693. The topological polar surface area (TPSA) is 60.2 Å². The van der Waals surface area contributed by atoms with Gasteiger partial charge in [0.25, 0.3) is 5.91 Å². The van der Waals surface area contributed by atoms with Crippen LogP contribution in [0.3, 0.4) is 0 Å². The Labute approximate surface area is 133 Å². The van der Waals surface area contributed by atoms with Crippen molar-refractivity contribution in [2.75, 3.05) is 13.1 Å². The van der Waals surface area contributed by atoms with Crippen molar-refractivity contribution >= 4 is 5.91 Å². The standard InChI is InChI=1S/C16H19FN4O2/c1-3-21-18-8-14(19-21)16(22)20-9-11(2)23-15(10-20)12-4-6-13(17)7-5-12/h4-8,11,15H,3,9-10H2,1-2H3. The largest absolute Gasteiger partial charge is 0.367 e. The summed E-state index contributed by atoms with van der Waals surface area (Å²) in [6.45, 7) is 5.35. The summed E-state index contributed by atoms with van der Waals surface area (Å²) in [7, 11) is 0. The van der Waals surface area contributed by atoms with Crippen molar-refractivity contribution in [1.29, 1.82) is 0 Å². The normalized spacial score (nSPS) is 21.4. The quantitative estimate of drug-likeness (QED) is 0.869. The van der Waals surface area contributed by atoms with Crippen LogP contribution in [0.4, 0.5) is 4.39 Å². The monoisotopic (exact) mass is 318 g/mol. The minimum Gasteiger partial charge on any atom is -0.367 e. The number of carbonyl (C=O) groups excluding carboxylic acids is 1. The van der Waals surface area contributed by atoms with Crippen LogP contribution in [0, 0.1) is 5.82 Å². The predicted octanol–water partition coefficient (Wildman–Crippen LogP) is 2.04. The molecule has 1 aromatic carbocycles. The van der Waals surface area contributed by atoms with E-state index in [4.69, 9.17) is 4.74 Å². The van der Waals surface area contributed by atoms with Crippen molar-refractivity contribution in [3.63, 3.8) is 0 Å². The molecule has 2 aromatic rings. The molecule has 122 valence electrons. The highest BCUT2D eigenvalue weighted by Gasteiger charge is 2.31. The van der Waals surface area contributed by atoms with Crippen molar-refractivity contribution in [2.45, 2.75) is 32.6 Å². The molecule has 0 N–H and O–H groups in total. The lowest BCUT2D eigenvalue weighted by Gasteiger charge is -2.36. The van der Waals surface area contributed by atoms with Gasteiger partial charge in [0.15, 0.2) is 5.69 Å². The maximum absolute atomic E-state index is 13.1. The van der Waals surface area contributed by atoms with Crippen molar-refractivity contribution in [2.24, 2.45) is 0 Å². The predicted molar refractivity (Wildman–Crippen MR) is 81.3 cm³/mol. The first kappa shape index (κ1) is 15.6. The summed E-state index contributed by atoms with van der Waals surface area (Å²) in [6.07, 6.45) is 1.10. The van der Waals surface area contributed by atoms with Gasteiger partial charge in [0.1, 0.15) is 11.9 Å². The third-order valence-electron chi connectivity index (χ3n) is 3.83. The van der Waals surface area contributed by atoms with Crippen LogP contribution in [0.25, 0.3) is 0 Å². The Morgan fingerprint density at radius 1 is 1.35 bits per heavy atom. The van der Waals surface area contributed by atoms with Crippen LogP contribution in [-0.4, -0.2) is 45.0 Å². The van der Waals surface area contributed by atoms with E-state index in [1.807, 2.05) is 13.8 Å². The average Bonchev–Trinajstić information content (AvgIpc) is 3.03. The molecule has 1 amide bonds. The zero-order chi connectivity index (χ0) is 16.4. The number of halogens is 1. The number of amides is 1. The van der Waals surface area contributed by atoms with Crippen molar-refractivity contribution in [3.05, 3.63) is 47.5 Å². The molecule has 1 fully saturated rings. The Morgan fingerprint density at radius 2 is 2.09 bits per heavy atom. The summed E-state index contributed by atoms with van der Waals surface area (Å²) in [5, 5.41) is 8.20. The second-order valence-corrected chi connectivity index (χ2v) is 5.62. The second-order valence-electron chi connectivity index (χ2n) is 5.62. The van der Waals surface area contributed by atoms with Crippen molar-refractivity contribution < 1.29 is 13.9 Å². The van der Waals surface area contributed by atoms with E-state index in [0.29, 0.717) is 25.3 Å². The van der Waals surface area contributed by atoms with Gasteiger partial charge in [-0.2, -0.15) is 9.90 Å². The fourth-order valence-corrected chi connectivity index (χ4v) is 2.69. The van der Waals surface area contributed by atoms with E-state index >= 15 is 0 Å². The third kappa shape index (κ3) is 3.39. The Morgan fingerprint density at radius 3 is 2.74 bits per heavy atom. The second kappa shape index (κ2) is 6.45. The van der Waals surface area contributed by atoms with Crippen LogP contribution < -0.4 is 0 Å². The van der Waals surface area contributed by atoms with Crippen molar-refractivity contribution in [3.8, 4) is 0 Å². The lowest BCUT2D eigenvalue weighted by Crippen LogP contribution is -2.46. The molecular formula is C16H19FN4O2. The van der Waals surface area contributed by atoms with Gasteiger partial charge in [-0.25, -0.2) is 4.39 Å². The maximum Gasteiger partial charge on any atom is 0.276 e. The molecule has 1 saturated heterocycles. The van der Waals surface area contributed by atoms with Crippen LogP contribution >= 0.6 is 0 Å². The Hall–Kier alpha value is -2.28. The number of hydrogen-bond donors (Lipinski definition) is 0. The van der Waals surface area contributed by atoms with Gasteiger partial charge in [-0.15, -0.1) is 5.10 Å². The molecule has 3 rings (SSSR count). The number of rotatable bonds is 3. The third-order valence-corrected chi connectivity index (χ3v) is 3.83. The summed E-state index contributed by atoms with van der Waals surface area (Å²) in [4.78, 5) is 15.8. The minimum absolute atomic E-state index is 0.107. The number of nitrogens with zero attached hydrogens (tertiary/aromatic N) is 4. The number of aryl methyl sites for hydroxylation is 1. The van der Waals surface area contributed by atoms with E-state index in [0.717, 1.165) is 5.56 Å². The maximum atomic E-state index is 13.1. The number of carbonyl (C=O) groups is 1. The molecule has 23 heavy (non-hydrogen) atoms. The van der Waals surface area contributed by atoms with Gasteiger partial charge in [0.2, 0.25) is 0 Å². The highest BCUT2D eigenvalue weighted by atomic mass is 19.1. The molecule has 0 bridgehead atoms. The first-order valence-electron chi connectivity index (χ1n) is 7.67. The smallest absolute Gasteiger partial charge is 0.276 e. The van der Waals surface area contributed by atoms with Crippen molar-refractivity contribution in [1.82, 2.24) is 19.9 Å². The first-order chi connectivity index (χ1) is 11.1. The summed E-state index contributed by atoms with van der Waals surface area (Å²) in [6, 6.07) is 6.18. The number of morpholine rings is 1. The van der Waals surface area contributed by atoms with Gasteiger partial charge in [0, 0.05) is 6.54 Å². The van der Waals surface area contributed by atoms with Crippen LogP contribution in [0.2, 0.25) is 0 Å². The molecule has 6 nitrogen and oxygen atoms in total. The lowest BCUT2D eigenvalue weighted by atomic mass is 10.1. The number of hydrogen-bond acceptors (Lipinski definition) is 4. The fourth-order valence-electron chi connectivity index (χ4n) is 2.69. The Balaban J connectivity index is 1.77. The molecule has 2 atom stereocenters. The van der Waals surface area contributed by atoms with Crippen LogP contribution in [0.5, 0.6) is 0 Å². The van der Waals surface area contributed by atoms with E-state index in [-0.39, 0.29) is 23.9 Å². The van der Waals surface area contributed by atoms with Gasteiger partial charge >= 0.3 is 0 Å². The zero-order valence-corrected chi connectivity index (χ0v) is 13.1. The average molecular weight is 318 g/mol.